The predicted octanol–water partition coefficient (Wildman–Crippen LogP) is 2.07. The zero-order valence-electron chi connectivity index (χ0n) is 12.6. The summed E-state index contributed by atoms with van der Waals surface area (Å²) in [4.78, 5) is 12.4. The maximum atomic E-state index is 12.4. The molecular formula is C16H23NO4. The van der Waals surface area contributed by atoms with Crippen molar-refractivity contribution in [1.82, 2.24) is 5.32 Å². The van der Waals surface area contributed by atoms with Crippen LogP contribution in [0.2, 0.25) is 0 Å². The van der Waals surface area contributed by atoms with Crippen LogP contribution in [0.4, 0.5) is 0 Å². The van der Waals surface area contributed by atoms with E-state index in [1.54, 1.807) is 0 Å². The van der Waals surface area contributed by atoms with Gasteiger partial charge >= 0.3 is 0 Å². The van der Waals surface area contributed by atoms with Gasteiger partial charge in [-0.25, -0.2) is 0 Å². The van der Waals surface area contributed by atoms with E-state index in [0.29, 0.717) is 32.8 Å². The average Bonchev–Trinajstić information content (AvgIpc) is 2.52. The highest BCUT2D eigenvalue weighted by Crippen LogP contribution is 2.33. The van der Waals surface area contributed by atoms with Gasteiger partial charge in [0, 0.05) is 18.8 Å². The van der Waals surface area contributed by atoms with E-state index in [2.05, 4.69) is 5.32 Å². The lowest BCUT2D eigenvalue weighted by atomic mass is 9.92. The van der Waals surface area contributed by atoms with Crippen molar-refractivity contribution < 1.29 is 19.0 Å². The Balaban J connectivity index is 1.95. The minimum absolute atomic E-state index is 0.00449. The second-order valence-electron chi connectivity index (χ2n) is 4.81. The molecule has 0 fully saturated rings. The summed E-state index contributed by atoms with van der Waals surface area (Å²) >= 11 is 0. The van der Waals surface area contributed by atoms with Crippen LogP contribution in [0.15, 0.2) is 24.3 Å². The molecule has 1 N–H and O–H groups in total. The SMILES string of the molecule is CCOC(CNC(=O)C1CCOc2ccccc21)OCC. The highest BCUT2D eigenvalue weighted by Gasteiger charge is 2.27. The minimum Gasteiger partial charge on any atom is -0.493 e. The van der Waals surface area contributed by atoms with Gasteiger partial charge in [0.2, 0.25) is 5.91 Å². The van der Waals surface area contributed by atoms with Crippen LogP contribution in [0.5, 0.6) is 5.75 Å². The maximum absolute atomic E-state index is 12.4. The summed E-state index contributed by atoms with van der Waals surface area (Å²) in [6, 6.07) is 7.69. The van der Waals surface area contributed by atoms with Crippen LogP contribution in [-0.2, 0) is 14.3 Å². The number of hydrogen-bond donors (Lipinski definition) is 1. The molecule has 1 unspecified atom stereocenters. The predicted molar refractivity (Wildman–Crippen MR) is 79.3 cm³/mol. The first-order chi connectivity index (χ1) is 10.3. The van der Waals surface area contributed by atoms with Crippen molar-refractivity contribution in [3.63, 3.8) is 0 Å². The van der Waals surface area contributed by atoms with Crippen LogP contribution >= 0.6 is 0 Å². The smallest absolute Gasteiger partial charge is 0.227 e. The molecule has 5 heteroatoms. The second-order valence-corrected chi connectivity index (χ2v) is 4.81. The summed E-state index contributed by atoms with van der Waals surface area (Å²) in [5.41, 5.74) is 0.950. The second kappa shape index (κ2) is 8.00. The van der Waals surface area contributed by atoms with Crippen molar-refractivity contribution in [1.29, 1.82) is 0 Å². The van der Waals surface area contributed by atoms with E-state index in [0.717, 1.165) is 11.3 Å². The molecule has 1 heterocycles. The van der Waals surface area contributed by atoms with Crippen LogP contribution < -0.4 is 10.1 Å². The molecule has 21 heavy (non-hydrogen) atoms. The third-order valence-electron chi connectivity index (χ3n) is 3.42. The summed E-state index contributed by atoms with van der Waals surface area (Å²) in [6.07, 6.45) is 0.301. The van der Waals surface area contributed by atoms with E-state index in [1.165, 1.54) is 0 Å². The number of nitrogens with one attached hydrogen (secondary N) is 1. The number of fused-ring (bicyclic) bond motifs is 1. The van der Waals surface area contributed by atoms with Gasteiger partial charge in [0.25, 0.3) is 0 Å². The highest BCUT2D eigenvalue weighted by molar-refractivity contribution is 5.84. The standard InChI is InChI=1S/C16H23NO4/c1-3-19-15(20-4-2)11-17-16(18)13-9-10-21-14-8-6-5-7-12(13)14/h5-8,13,15H,3-4,9-11H2,1-2H3,(H,17,18). The van der Waals surface area contributed by atoms with E-state index < -0.39 is 0 Å². The van der Waals surface area contributed by atoms with Crippen molar-refractivity contribution in [2.75, 3.05) is 26.4 Å². The van der Waals surface area contributed by atoms with E-state index >= 15 is 0 Å². The van der Waals surface area contributed by atoms with Crippen LogP contribution in [0.3, 0.4) is 0 Å². The number of benzene rings is 1. The molecule has 0 saturated carbocycles. The molecule has 0 radical (unpaired) electrons. The monoisotopic (exact) mass is 293 g/mol. The fraction of sp³-hybridized carbons (Fsp3) is 0.562. The Labute approximate surface area is 125 Å². The molecule has 1 aliphatic rings. The summed E-state index contributed by atoms with van der Waals surface area (Å²) in [6.45, 7) is 5.85. The first-order valence-corrected chi connectivity index (χ1v) is 7.48. The van der Waals surface area contributed by atoms with Gasteiger partial charge in [-0.15, -0.1) is 0 Å². The Hall–Kier alpha value is -1.59. The molecule has 1 amide bonds. The van der Waals surface area contributed by atoms with E-state index in [1.807, 2.05) is 38.1 Å². The van der Waals surface area contributed by atoms with Crippen molar-refractivity contribution >= 4 is 5.91 Å². The highest BCUT2D eigenvalue weighted by atomic mass is 16.7. The lowest BCUT2D eigenvalue weighted by Crippen LogP contribution is -2.39. The molecule has 5 nitrogen and oxygen atoms in total. The normalized spacial score (nSPS) is 17.2. The van der Waals surface area contributed by atoms with Gasteiger partial charge in [-0.1, -0.05) is 18.2 Å². The molecule has 1 aliphatic heterocycles. The summed E-state index contributed by atoms with van der Waals surface area (Å²) in [5, 5.41) is 2.92. The van der Waals surface area contributed by atoms with Crippen molar-refractivity contribution in [2.24, 2.45) is 0 Å². The number of hydrogen-bond acceptors (Lipinski definition) is 4. The van der Waals surface area contributed by atoms with Crippen LogP contribution in [0, 0.1) is 0 Å². The molecule has 0 bridgehead atoms. The quantitative estimate of drug-likeness (QED) is 0.782. The Bertz CT molecular complexity index is 457. The molecule has 116 valence electrons. The topological polar surface area (TPSA) is 56.8 Å². The van der Waals surface area contributed by atoms with E-state index in [4.69, 9.17) is 14.2 Å². The first kappa shape index (κ1) is 15.8. The fourth-order valence-electron chi connectivity index (χ4n) is 2.46. The first-order valence-electron chi connectivity index (χ1n) is 7.48. The summed E-state index contributed by atoms with van der Waals surface area (Å²) in [7, 11) is 0. The molecule has 2 rings (SSSR count). The van der Waals surface area contributed by atoms with Crippen LogP contribution in [-0.4, -0.2) is 38.6 Å². The van der Waals surface area contributed by atoms with Crippen LogP contribution in [0.25, 0.3) is 0 Å². The van der Waals surface area contributed by atoms with Crippen LogP contribution in [0.1, 0.15) is 31.7 Å². The van der Waals surface area contributed by atoms with Crippen molar-refractivity contribution in [3.05, 3.63) is 29.8 Å². The molecule has 0 spiro atoms. The lowest BCUT2D eigenvalue weighted by molar-refractivity contribution is -0.141. The average molecular weight is 293 g/mol. The zero-order valence-corrected chi connectivity index (χ0v) is 12.6. The Kier molecular flexibility index (Phi) is 6.02. The van der Waals surface area contributed by atoms with Gasteiger partial charge in [0.1, 0.15) is 5.75 Å². The number of para-hydroxylation sites is 1. The fourth-order valence-corrected chi connectivity index (χ4v) is 2.46. The molecule has 0 aliphatic carbocycles. The number of ether oxygens (including phenoxy) is 3. The van der Waals surface area contributed by atoms with Crippen molar-refractivity contribution in [2.45, 2.75) is 32.5 Å². The number of carbonyl (C=O) groups is 1. The Morgan fingerprint density at radius 3 is 2.76 bits per heavy atom. The molecule has 1 aromatic carbocycles. The van der Waals surface area contributed by atoms with E-state index in [-0.39, 0.29) is 18.1 Å². The number of carbonyl (C=O) groups excluding carboxylic acids is 1. The van der Waals surface area contributed by atoms with Gasteiger partial charge in [-0.05, 0) is 26.3 Å². The van der Waals surface area contributed by atoms with Gasteiger partial charge < -0.3 is 19.5 Å². The third kappa shape index (κ3) is 4.19. The van der Waals surface area contributed by atoms with Gasteiger partial charge in [0.05, 0.1) is 19.1 Å². The third-order valence-corrected chi connectivity index (χ3v) is 3.42. The number of rotatable bonds is 7. The largest absolute Gasteiger partial charge is 0.493 e. The van der Waals surface area contributed by atoms with E-state index in [9.17, 15) is 4.79 Å². The number of amides is 1. The minimum atomic E-state index is -0.390. The maximum Gasteiger partial charge on any atom is 0.227 e. The Morgan fingerprint density at radius 2 is 2.05 bits per heavy atom. The van der Waals surface area contributed by atoms with Gasteiger partial charge in [0.15, 0.2) is 6.29 Å². The van der Waals surface area contributed by atoms with Crippen molar-refractivity contribution in [3.8, 4) is 5.75 Å². The molecule has 1 aromatic rings. The summed E-state index contributed by atoms with van der Waals surface area (Å²) < 4.78 is 16.4. The molecule has 0 saturated heterocycles. The molecule has 0 aromatic heterocycles. The van der Waals surface area contributed by atoms with Gasteiger partial charge in [-0.2, -0.15) is 0 Å². The van der Waals surface area contributed by atoms with Gasteiger partial charge in [-0.3, -0.25) is 4.79 Å². The zero-order chi connectivity index (χ0) is 15.1. The molecular weight excluding hydrogens is 270 g/mol. The lowest BCUT2D eigenvalue weighted by Gasteiger charge is -2.26. The molecule has 1 atom stereocenters. The Morgan fingerprint density at radius 1 is 1.33 bits per heavy atom. The summed E-state index contributed by atoms with van der Waals surface area (Å²) in [5.74, 6) is 0.629.